The molecule has 0 atom stereocenters. The topological polar surface area (TPSA) is 59.9 Å². The molecule has 132 valence electrons. The molecule has 0 fully saturated rings. The molecule has 1 amide bonds. The first-order valence-electron chi connectivity index (χ1n) is 7.64. The molecule has 2 aromatic carbocycles. The van der Waals surface area contributed by atoms with Gasteiger partial charge in [0.1, 0.15) is 0 Å². The predicted octanol–water partition coefficient (Wildman–Crippen LogP) is 4.66. The fourth-order valence-corrected chi connectivity index (χ4v) is 2.51. The van der Waals surface area contributed by atoms with Crippen molar-refractivity contribution in [1.29, 1.82) is 0 Å². The van der Waals surface area contributed by atoms with Crippen LogP contribution < -0.4 is 14.9 Å². The van der Waals surface area contributed by atoms with E-state index in [2.05, 4.69) is 26.5 Å². The van der Waals surface area contributed by atoms with Gasteiger partial charge in [-0.1, -0.05) is 18.5 Å². The van der Waals surface area contributed by atoms with Gasteiger partial charge in [-0.2, -0.15) is 5.10 Å². The summed E-state index contributed by atoms with van der Waals surface area (Å²) in [6.07, 6.45) is 2.44. The fraction of sp³-hybridized carbons (Fsp3) is 0.222. The third-order valence-electron chi connectivity index (χ3n) is 3.22. The fourth-order valence-electron chi connectivity index (χ4n) is 1.96. The Morgan fingerprint density at radius 2 is 2.00 bits per heavy atom. The number of nitrogens with zero attached hydrogens (tertiary/aromatic N) is 1. The molecule has 0 bridgehead atoms. The summed E-state index contributed by atoms with van der Waals surface area (Å²) >= 11 is 9.27. The second-order valence-corrected chi connectivity index (χ2v) is 6.37. The van der Waals surface area contributed by atoms with Gasteiger partial charge in [0.05, 0.1) is 19.9 Å². The molecular weight excluding hydrogens is 408 g/mol. The number of carbonyl (C=O) groups excluding carboxylic acids is 1. The van der Waals surface area contributed by atoms with Crippen LogP contribution in [0.4, 0.5) is 0 Å². The van der Waals surface area contributed by atoms with Gasteiger partial charge in [0.15, 0.2) is 11.5 Å². The molecule has 1 N–H and O–H groups in total. The van der Waals surface area contributed by atoms with Gasteiger partial charge >= 0.3 is 0 Å². The number of nitrogens with one attached hydrogen (secondary N) is 1. The maximum absolute atomic E-state index is 12.0. The van der Waals surface area contributed by atoms with E-state index in [1.54, 1.807) is 37.4 Å². The Hall–Kier alpha value is -2.05. The third kappa shape index (κ3) is 5.47. The molecular formula is C18H18BrClN2O3. The van der Waals surface area contributed by atoms with Crippen molar-refractivity contribution in [2.75, 3.05) is 13.7 Å². The molecule has 0 unspecified atom stereocenters. The molecule has 2 rings (SSSR count). The zero-order valence-corrected chi connectivity index (χ0v) is 16.2. The maximum atomic E-state index is 12.0. The van der Waals surface area contributed by atoms with Crippen molar-refractivity contribution in [2.45, 2.75) is 13.3 Å². The van der Waals surface area contributed by atoms with Gasteiger partial charge < -0.3 is 9.47 Å². The van der Waals surface area contributed by atoms with E-state index in [4.69, 9.17) is 21.1 Å². The van der Waals surface area contributed by atoms with Gasteiger partial charge in [-0.3, -0.25) is 4.79 Å². The molecule has 0 aliphatic carbocycles. The zero-order chi connectivity index (χ0) is 18.2. The standard InChI is InChI=1S/C18H18BrClN2O3/c1-3-8-25-17-10-15(19)13(9-16(17)24-2)11-21-22-18(23)12-4-6-14(20)7-5-12/h4-7,9-11H,3,8H2,1-2H3,(H,22,23)/b21-11+. The summed E-state index contributed by atoms with van der Waals surface area (Å²) in [5.41, 5.74) is 3.70. The highest BCUT2D eigenvalue weighted by molar-refractivity contribution is 9.10. The summed E-state index contributed by atoms with van der Waals surface area (Å²) in [6, 6.07) is 10.2. The number of ether oxygens (including phenoxy) is 2. The highest BCUT2D eigenvalue weighted by Gasteiger charge is 2.09. The smallest absolute Gasteiger partial charge is 0.271 e. The minimum absolute atomic E-state index is 0.320. The van der Waals surface area contributed by atoms with Crippen LogP contribution in [0.25, 0.3) is 0 Å². The molecule has 7 heteroatoms. The predicted molar refractivity (Wildman–Crippen MR) is 103 cm³/mol. The highest BCUT2D eigenvalue weighted by atomic mass is 79.9. The molecule has 0 aromatic heterocycles. The van der Waals surface area contributed by atoms with Crippen molar-refractivity contribution < 1.29 is 14.3 Å². The van der Waals surface area contributed by atoms with E-state index in [0.717, 1.165) is 16.5 Å². The van der Waals surface area contributed by atoms with Crippen molar-refractivity contribution in [1.82, 2.24) is 5.43 Å². The van der Waals surface area contributed by atoms with Crippen LogP contribution >= 0.6 is 27.5 Å². The Bertz CT molecular complexity index is 764. The summed E-state index contributed by atoms with van der Waals surface area (Å²) in [5, 5.41) is 4.56. The summed E-state index contributed by atoms with van der Waals surface area (Å²) in [5.74, 6) is 0.930. The SMILES string of the molecule is CCCOc1cc(Br)c(/C=N/NC(=O)c2ccc(Cl)cc2)cc1OC. The second-order valence-electron chi connectivity index (χ2n) is 5.08. The van der Waals surface area contributed by atoms with Gasteiger partial charge in [0, 0.05) is 20.6 Å². The lowest BCUT2D eigenvalue weighted by Crippen LogP contribution is -2.17. The number of benzene rings is 2. The van der Waals surface area contributed by atoms with E-state index < -0.39 is 0 Å². The monoisotopic (exact) mass is 424 g/mol. The molecule has 0 heterocycles. The number of hydrazone groups is 1. The van der Waals surface area contributed by atoms with E-state index in [9.17, 15) is 4.79 Å². The van der Waals surface area contributed by atoms with Crippen LogP contribution in [0.15, 0.2) is 46.0 Å². The Kier molecular flexibility index (Phi) is 7.28. The van der Waals surface area contributed by atoms with Gasteiger partial charge in [-0.15, -0.1) is 0 Å². The third-order valence-corrected chi connectivity index (χ3v) is 4.16. The Balaban J connectivity index is 2.09. The molecule has 0 radical (unpaired) electrons. The summed E-state index contributed by atoms with van der Waals surface area (Å²) in [7, 11) is 1.57. The van der Waals surface area contributed by atoms with Crippen molar-refractivity contribution in [3.05, 3.63) is 57.0 Å². The number of carbonyl (C=O) groups is 1. The molecule has 0 aliphatic heterocycles. The maximum Gasteiger partial charge on any atom is 0.271 e. The lowest BCUT2D eigenvalue weighted by atomic mass is 10.2. The summed E-state index contributed by atoms with van der Waals surface area (Å²) < 4.78 is 11.8. The van der Waals surface area contributed by atoms with Crippen LogP contribution in [0.2, 0.25) is 5.02 Å². The Labute approximate surface area is 160 Å². The molecule has 0 aliphatic rings. The van der Waals surface area contributed by atoms with Gasteiger partial charge in [0.25, 0.3) is 5.91 Å². The van der Waals surface area contributed by atoms with E-state index in [1.807, 2.05) is 13.0 Å². The quantitative estimate of drug-likeness (QED) is 0.518. The molecule has 0 saturated carbocycles. The zero-order valence-electron chi connectivity index (χ0n) is 13.9. The van der Waals surface area contributed by atoms with Gasteiger partial charge in [-0.05, 0) is 58.7 Å². The average molecular weight is 426 g/mol. The minimum atomic E-state index is -0.320. The first-order valence-corrected chi connectivity index (χ1v) is 8.81. The van der Waals surface area contributed by atoms with E-state index in [0.29, 0.717) is 28.7 Å². The first kappa shape index (κ1) is 19.3. The average Bonchev–Trinajstić information content (AvgIpc) is 2.61. The number of halogens is 2. The van der Waals surface area contributed by atoms with Crippen molar-refractivity contribution >= 4 is 39.7 Å². The summed E-state index contributed by atoms with van der Waals surface area (Å²) in [6.45, 7) is 2.64. The van der Waals surface area contributed by atoms with Crippen LogP contribution in [0.3, 0.4) is 0 Å². The van der Waals surface area contributed by atoms with Crippen LogP contribution in [-0.2, 0) is 0 Å². The van der Waals surface area contributed by atoms with Crippen LogP contribution in [-0.4, -0.2) is 25.8 Å². The molecule has 5 nitrogen and oxygen atoms in total. The number of methoxy groups -OCH3 is 1. The minimum Gasteiger partial charge on any atom is -0.493 e. The van der Waals surface area contributed by atoms with Crippen LogP contribution in [0.5, 0.6) is 11.5 Å². The first-order chi connectivity index (χ1) is 12.0. The Morgan fingerprint density at radius 3 is 2.64 bits per heavy atom. The largest absolute Gasteiger partial charge is 0.493 e. The molecule has 0 spiro atoms. The number of hydrogen-bond donors (Lipinski definition) is 1. The summed E-state index contributed by atoms with van der Waals surface area (Å²) in [4.78, 5) is 12.0. The number of rotatable bonds is 7. The van der Waals surface area contributed by atoms with Crippen LogP contribution in [0, 0.1) is 0 Å². The van der Waals surface area contributed by atoms with E-state index >= 15 is 0 Å². The number of amides is 1. The lowest BCUT2D eigenvalue weighted by Gasteiger charge is -2.12. The van der Waals surface area contributed by atoms with E-state index in [1.165, 1.54) is 6.21 Å². The van der Waals surface area contributed by atoms with Crippen molar-refractivity contribution in [3.63, 3.8) is 0 Å². The van der Waals surface area contributed by atoms with Crippen molar-refractivity contribution in [3.8, 4) is 11.5 Å². The van der Waals surface area contributed by atoms with Crippen molar-refractivity contribution in [2.24, 2.45) is 5.10 Å². The highest BCUT2D eigenvalue weighted by Crippen LogP contribution is 2.33. The molecule has 2 aromatic rings. The normalized spacial score (nSPS) is 10.7. The number of hydrogen-bond acceptors (Lipinski definition) is 4. The van der Waals surface area contributed by atoms with Gasteiger partial charge in [-0.25, -0.2) is 5.43 Å². The van der Waals surface area contributed by atoms with Crippen LogP contribution in [0.1, 0.15) is 29.3 Å². The molecule has 25 heavy (non-hydrogen) atoms. The van der Waals surface area contributed by atoms with Gasteiger partial charge in [0.2, 0.25) is 0 Å². The second kappa shape index (κ2) is 9.44. The lowest BCUT2D eigenvalue weighted by molar-refractivity contribution is 0.0955. The van der Waals surface area contributed by atoms with E-state index in [-0.39, 0.29) is 5.91 Å². The Morgan fingerprint density at radius 1 is 1.28 bits per heavy atom. The molecule has 0 saturated heterocycles.